The maximum Gasteiger partial charge on any atom is 0.326 e. The lowest BCUT2D eigenvalue weighted by atomic mass is 10.0. The Morgan fingerprint density at radius 3 is 2.07 bits per heavy atom. The Bertz CT molecular complexity index is 597. The number of carboxylic acid groups (broad SMARTS) is 1. The van der Waals surface area contributed by atoms with Gasteiger partial charge in [0.25, 0.3) is 0 Å². The fraction of sp³-hybridized carbons (Fsp3) is 0.706. The quantitative estimate of drug-likeness (QED) is 0.0891. The fourth-order valence-corrected chi connectivity index (χ4v) is 2.51. The summed E-state index contributed by atoms with van der Waals surface area (Å²) < 4.78 is 0. The smallest absolute Gasteiger partial charge is 0.326 e. The van der Waals surface area contributed by atoms with Crippen LogP contribution in [0.15, 0.2) is 0 Å². The zero-order valence-corrected chi connectivity index (χ0v) is 16.9. The van der Waals surface area contributed by atoms with Crippen molar-refractivity contribution in [3.8, 4) is 0 Å². The second-order valence-corrected chi connectivity index (χ2v) is 7.18. The number of aliphatic carboxylic acids is 1. The van der Waals surface area contributed by atoms with E-state index in [0.29, 0.717) is 12.8 Å². The highest BCUT2D eigenvalue weighted by molar-refractivity contribution is 5.92. The first-order chi connectivity index (χ1) is 13.4. The Kier molecular flexibility index (Phi) is 12.0. The summed E-state index contributed by atoms with van der Waals surface area (Å²) in [6, 6.07) is -3.20. The molecule has 12 nitrogen and oxygen atoms in total. The van der Waals surface area contributed by atoms with E-state index in [1.165, 1.54) is 0 Å². The van der Waals surface area contributed by atoms with Crippen LogP contribution in [0.3, 0.4) is 0 Å². The van der Waals surface area contributed by atoms with Crippen LogP contribution in [0.25, 0.3) is 0 Å². The number of hydrogen-bond acceptors (Lipinski definition) is 6. The Hall–Kier alpha value is -2.89. The molecule has 0 saturated carbocycles. The highest BCUT2D eigenvalue weighted by atomic mass is 16.4. The maximum absolute atomic E-state index is 12.5. The molecular formula is C17H33N7O5. The second kappa shape index (κ2) is 13.3. The van der Waals surface area contributed by atoms with Crippen molar-refractivity contribution >= 4 is 29.7 Å². The first-order valence-corrected chi connectivity index (χ1v) is 9.39. The molecule has 0 aromatic rings. The lowest BCUT2D eigenvalue weighted by Crippen LogP contribution is -2.54. The van der Waals surface area contributed by atoms with Gasteiger partial charge in [-0.25, -0.2) is 4.79 Å². The van der Waals surface area contributed by atoms with Gasteiger partial charge in [-0.15, -0.1) is 0 Å². The van der Waals surface area contributed by atoms with E-state index in [1.807, 2.05) is 13.8 Å². The standard InChI is InChI=1S/C17H33N7O5/c1-9(2)8-10(18)14(26)23-11(5-6-13(19)25)15(27)24-12(16(28)29)4-3-7-22-17(20)21/h9-12H,3-8,18H2,1-2H3,(H2,19,25)(H,23,26)(H,24,27)(H,28,29)(H4,20,21,22)/t10-,11-,12-/m0/s1. The molecule has 0 aromatic carbocycles. The van der Waals surface area contributed by atoms with Gasteiger partial charge in [0.05, 0.1) is 6.04 Å². The summed E-state index contributed by atoms with van der Waals surface area (Å²) in [5, 5.41) is 23.7. The summed E-state index contributed by atoms with van der Waals surface area (Å²) in [6.45, 7) is 4.05. The van der Waals surface area contributed by atoms with Gasteiger partial charge in [0, 0.05) is 13.0 Å². The van der Waals surface area contributed by atoms with Crippen LogP contribution >= 0.6 is 0 Å². The van der Waals surface area contributed by atoms with Crippen molar-refractivity contribution in [2.45, 2.75) is 64.1 Å². The molecule has 0 radical (unpaired) electrons. The van der Waals surface area contributed by atoms with Crippen LogP contribution < -0.4 is 33.2 Å². The summed E-state index contributed by atoms with van der Waals surface area (Å²) >= 11 is 0. The van der Waals surface area contributed by atoms with Crippen LogP contribution in [0.5, 0.6) is 0 Å². The van der Waals surface area contributed by atoms with Gasteiger partial charge in [0.1, 0.15) is 12.1 Å². The van der Waals surface area contributed by atoms with Crippen LogP contribution in [0.2, 0.25) is 0 Å². The number of guanidine groups is 1. The topological polar surface area (TPSA) is 227 Å². The molecule has 3 atom stereocenters. The second-order valence-electron chi connectivity index (χ2n) is 7.18. The van der Waals surface area contributed by atoms with Crippen LogP contribution in [-0.2, 0) is 19.2 Å². The summed E-state index contributed by atoms with van der Waals surface area (Å²) in [7, 11) is 0. The predicted molar refractivity (Wildman–Crippen MR) is 107 cm³/mol. The van der Waals surface area contributed by atoms with E-state index in [4.69, 9.17) is 22.6 Å². The summed E-state index contributed by atoms with van der Waals surface area (Å²) in [4.78, 5) is 47.3. The Labute approximate surface area is 169 Å². The van der Waals surface area contributed by atoms with Crippen molar-refractivity contribution in [3.05, 3.63) is 0 Å². The Morgan fingerprint density at radius 1 is 1.00 bits per heavy atom. The monoisotopic (exact) mass is 415 g/mol. The van der Waals surface area contributed by atoms with Crippen molar-refractivity contribution in [2.24, 2.45) is 23.1 Å². The van der Waals surface area contributed by atoms with Crippen molar-refractivity contribution in [1.29, 1.82) is 5.41 Å². The molecule has 0 bridgehead atoms. The SMILES string of the molecule is CC(C)C[C@H](N)C(=O)N[C@@H](CCC(N)=O)C(=O)N[C@@H](CCCNC(=N)N)C(=O)O. The molecule has 0 heterocycles. The minimum Gasteiger partial charge on any atom is -0.480 e. The van der Waals surface area contributed by atoms with Gasteiger partial charge in [-0.2, -0.15) is 0 Å². The Morgan fingerprint density at radius 2 is 1.59 bits per heavy atom. The number of primary amides is 1. The molecule has 0 aromatic heterocycles. The zero-order chi connectivity index (χ0) is 22.6. The molecule has 12 heteroatoms. The summed E-state index contributed by atoms with van der Waals surface area (Å²) in [6.07, 6.45) is 0.549. The van der Waals surface area contributed by atoms with E-state index in [9.17, 15) is 24.3 Å². The van der Waals surface area contributed by atoms with Crippen LogP contribution in [0.1, 0.15) is 46.0 Å². The van der Waals surface area contributed by atoms with E-state index in [-0.39, 0.29) is 37.7 Å². The molecule has 3 amide bonds. The highest BCUT2D eigenvalue weighted by Gasteiger charge is 2.28. The van der Waals surface area contributed by atoms with Crippen molar-refractivity contribution in [1.82, 2.24) is 16.0 Å². The van der Waals surface area contributed by atoms with Crippen LogP contribution in [0.4, 0.5) is 0 Å². The predicted octanol–water partition coefficient (Wildman–Crippen LogP) is -2.06. The highest BCUT2D eigenvalue weighted by Crippen LogP contribution is 2.06. The molecule has 0 rings (SSSR count). The third-order valence-electron chi connectivity index (χ3n) is 3.97. The van der Waals surface area contributed by atoms with Crippen LogP contribution in [0, 0.1) is 11.3 Å². The molecule has 0 aliphatic carbocycles. The third-order valence-corrected chi connectivity index (χ3v) is 3.97. The largest absolute Gasteiger partial charge is 0.480 e. The number of carbonyl (C=O) groups is 4. The number of nitrogens with one attached hydrogen (secondary N) is 4. The number of hydrogen-bond donors (Lipinski definition) is 8. The van der Waals surface area contributed by atoms with Gasteiger partial charge < -0.3 is 38.3 Å². The normalized spacial score (nSPS) is 13.8. The van der Waals surface area contributed by atoms with E-state index in [2.05, 4.69) is 16.0 Å². The van der Waals surface area contributed by atoms with Gasteiger partial charge in [-0.1, -0.05) is 13.8 Å². The van der Waals surface area contributed by atoms with Gasteiger partial charge in [0.2, 0.25) is 17.7 Å². The average Bonchev–Trinajstić information content (AvgIpc) is 2.59. The van der Waals surface area contributed by atoms with Gasteiger partial charge >= 0.3 is 5.97 Å². The minimum absolute atomic E-state index is 0.0741. The number of nitrogens with two attached hydrogens (primary N) is 3. The molecule has 11 N–H and O–H groups in total. The molecular weight excluding hydrogens is 382 g/mol. The summed E-state index contributed by atoms with van der Waals surface area (Å²) in [5.74, 6) is -3.31. The van der Waals surface area contributed by atoms with Crippen molar-refractivity contribution in [3.63, 3.8) is 0 Å². The number of amides is 3. The van der Waals surface area contributed by atoms with Gasteiger partial charge in [-0.05, 0) is 31.6 Å². The van der Waals surface area contributed by atoms with Gasteiger partial charge in [0.15, 0.2) is 5.96 Å². The molecule has 0 aliphatic heterocycles. The molecule has 0 aliphatic rings. The van der Waals surface area contributed by atoms with Gasteiger partial charge in [-0.3, -0.25) is 19.8 Å². The first-order valence-electron chi connectivity index (χ1n) is 9.39. The molecule has 0 saturated heterocycles. The minimum atomic E-state index is -1.25. The summed E-state index contributed by atoms with van der Waals surface area (Å²) in [5.41, 5.74) is 16.1. The van der Waals surface area contributed by atoms with E-state index in [1.54, 1.807) is 0 Å². The van der Waals surface area contributed by atoms with Crippen molar-refractivity contribution in [2.75, 3.05) is 6.54 Å². The zero-order valence-electron chi connectivity index (χ0n) is 16.9. The molecule has 0 unspecified atom stereocenters. The number of carbonyl (C=O) groups excluding carboxylic acids is 3. The molecule has 0 fully saturated rings. The molecule has 0 spiro atoms. The lowest BCUT2D eigenvalue weighted by Gasteiger charge is -2.23. The first kappa shape index (κ1) is 26.1. The molecule has 166 valence electrons. The van der Waals surface area contributed by atoms with E-state index < -0.39 is 41.8 Å². The van der Waals surface area contributed by atoms with E-state index >= 15 is 0 Å². The van der Waals surface area contributed by atoms with E-state index in [0.717, 1.165) is 0 Å². The number of carboxylic acids is 1. The maximum atomic E-state index is 12.5. The Balaban J connectivity index is 5.00. The molecule has 29 heavy (non-hydrogen) atoms. The van der Waals surface area contributed by atoms with Crippen molar-refractivity contribution < 1.29 is 24.3 Å². The average molecular weight is 415 g/mol. The number of rotatable bonds is 14. The van der Waals surface area contributed by atoms with Crippen LogP contribution in [-0.4, -0.2) is 59.4 Å². The third kappa shape index (κ3) is 12.2. The fourth-order valence-electron chi connectivity index (χ4n) is 2.51. The lowest BCUT2D eigenvalue weighted by molar-refractivity contribution is -0.142.